The van der Waals surface area contributed by atoms with E-state index in [0.29, 0.717) is 29.5 Å². The lowest BCUT2D eigenvalue weighted by Crippen LogP contribution is -2.38. The monoisotopic (exact) mass is 544 g/mol. The number of rotatable bonds is 10. The molecule has 0 spiro atoms. The zero-order chi connectivity index (χ0) is 27.6. The van der Waals surface area contributed by atoms with Crippen molar-refractivity contribution < 1.29 is 4.42 Å². The maximum absolute atomic E-state index is 13.8. The van der Waals surface area contributed by atoms with Crippen LogP contribution < -0.4 is 5.56 Å². The van der Waals surface area contributed by atoms with Crippen LogP contribution in [0.2, 0.25) is 5.02 Å². The van der Waals surface area contributed by atoms with Gasteiger partial charge in [-0.15, -0.1) is 5.10 Å². The molecule has 1 N–H and O–H groups in total. The van der Waals surface area contributed by atoms with Gasteiger partial charge in [-0.25, -0.2) is 4.68 Å². The molecule has 0 aliphatic heterocycles. The van der Waals surface area contributed by atoms with Gasteiger partial charge in [0.1, 0.15) is 11.8 Å². The van der Waals surface area contributed by atoms with E-state index in [2.05, 4.69) is 59.2 Å². The lowest BCUT2D eigenvalue weighted by Gasteiger charge is -2.33. The van der Waals surface area contributed by atoms with E-state index in [1.165, 1.54) is 5.56 Å². The van der Waals surface area contributed by atoms with Crippen LogP contribution in [0.25, 0.3) is 10.9 Å². The molecule has 0 fully saturated rings. The van der Waals surface area contributed by atoms with Gasteiger partial charge in [0.25, 0.3) is 5.56 Å². The summed E-state index contributed by atoms with van der Waals surface area (Å²) in [6.45, 7) is 9.36. The third-order valence-corrected chi connectivity index (χ3v) is 7.67. The second kappa shape index (κ2) is 11.2. The first-order valence-corrected chi connectivity index (χ1v) is 13.6. The number of halogens is 1. The topological polar surface area (TPSA) is 92.8 Å². The van der Waals surface area contributed by atoms with Gasteiger partial charge in [-0.3, -0.25) is 9.69 Å². The van der Waals surface area contributed by atoms with Crippen LogP contribution in [-0.2, 0) is 25.0 Å². The van der Waals surface area contributed by atoms with Gasteiger partial charge in [0.05, 0.1) is 18.3 Å². The molecule has 5 aromatic rings. The van der Waals surface area contributed by atoms with Crippen molar-refractivity contribution in [3.8, 4) is 0 Å². The molecule has 0 saturated carbocycles. The molecule has 39 heavy (non-hydrogen) atoms. The standard InChI is InChI=1S/C30H33ClN6O2/c1-5-20-11-14-26-22(16-20)17-25(29(38)32-26)27(28-33-34-35-37(28)30(3,4)6-2)36(19-24-8-7-15-39-24)18-21-9-12-23(31)13-10-21/h7-17,27H,5-6,18-19H2,1-4H3,(H,32,38)/t27-/m0/s1. The average molecular weight is 545 g/mol. The lowest BCUT2D eigenvalue weighted by atomic mass is 9.98. The summed E-state index contributed by atoms with van der Waals surface area (Å²) in [6.07, 6.45) is 3.36. The van der Waals surface area contributed by atoms with E-state index in [9.17, 15) is 4.79 Å². The van der Waals surface area contributed by atoms with Gasteiger partial charge in [0.2, 0.25) is 0 Å². The van der Waals surface area contributed by atoms with Crippen molar-refractivity contribution in [2.24, 2.45) is 0 Å². The molecule has 1 atom stereocenters. The number of hydrogen-bond acceptors (Lipinski definition) is 6. The molecule has 9 heteroatoms. The van der Waals surface area contributed by atoms with Gasteiger partial charge in [-0.05, 0) is 96.1 Å². The first-order chi connectivity index (χ1) is 18.8. The van der Waals surface area contributed by atoms with Crippen molar-refractivity contribution in [1.82, 2.24) is 30.1 Å². The number of benzene rings is 2. The smallest absolute Gasteiger partial charge is 0.253 e. The summed E-state index contributed by atoms with van der Waals surface area (Å²) in [6, 6.07) is 19.1. The molecule has 0 aliphatic carbocycles. The molecule has 5 rings (SSSR count). The molecule has 2 aromatic carbocycles. The number of hydrogen-bond donors (Lipinski definition) is 1. The Balaban J connectivity index is 1.73. The minimum atomic E-state index is -0.565. The highest BCUT2D eigenvalue weighted by atomic mass is 35.5. The molecule has 0 saturated heterocycles. The zero-order valence-corrected chi connectivity index (χ0v) is 23.4. The molecule has 202 valence electrons. The predicted octanol–water partition coefficient (Wildman–Crippen LogP) is 6.26. The molecule has 0 aliphatic rings. The number of fused-ring (bicyclic) bond motifs is 1. The minimum absolute atomic E-state index is 0.179. The molecular weight excluding hydrogens is 512 g/mol. The second-order valence-corrected chi connectivity index (χ2v) is 10.9. The number of aromatic nitrogens is 5. The highest BCUT2D eigenvalue weighted by molar-refractivity contribution is 6.30. The fourth-order valence-electron chi connectivity index (χ4n) is 4.81. The highest BCUT2D eigenvalue weighted by Crippen LogP contribution is 2.33. The minimum Gasteiger partial charge on any atom is -0.468 e. The van der Waals surface area contributed by atoms with Crippen LogP contribution in [0, 0.1) is 0 Å². The molecule has 0 amide bonds. The van der Waals surface area contributed by atoms with Crippen LogP contribution in [0.15, 0.2) is 76.1 Å². The Kier molecular flexibility index (Phi) is 7.68. The Morgan fingerprint density at radius 3 is 2.51 bits per heavy atom. The molecule has 3 heterocycles. The van der Waals surface area contributed by atoms with Gasteiger partial charge in [-0.1, -0.05) is 43.6 Å². The Morgan fingerprint density at radius 1 is 1.05 bits per heavy atom. The number of furan rings is 1. The maximum Gasteiger partial charge on any atom is 0.253 e. The summed E-state index contributed by atoms with van der Waals surface area (Å²) in [4.78, 5) is 19.0. The Bertz CT molecular complexity index is 1610. The summed E-state index contributed by atoms with van der Waals surface area (Å²) in [5, 5.41) is 14.6. The molecular formula is C30H33ClN6O2. The maximum atomic E-state index is 13.8. The largest absolute Gasteiger partial charge is 0.468 e. The van der Waals surface area contributed by atoms with E-state index in [-0.39, 0.29) is 11.1 Å². The first kappa shape index (κ1) is 26.8. The number of nitrogens with zero attached hydrogens (tertiary/aromatic N) is 5. The van der Waals surface area contributed by atoms with Crippen LogP contribution in [0.3, 0.4) is 0 Å². The van der Waals surface area contributed by atoms with Crippen molar-refractivity contribution in [3.05, 3.63) is 111 Å². The van der Waals surface area contributed by atoms with Crippen molar-refractivity contribution in [1.29, 1.82) is 0 Å². The summed E-state index contributed by atoms with van der Waals surface area (Å²) in [5.74, 6) is 1.37. The number of pyridine rings is 1. The van der Waals surface area contributed by atoms with E-state index < -0.39 is 6.04 Å². The second-order valence-electron chi connectivity index (χ2n) is 10.5. The number of aryl methyl sites for hydroxylation is 1. The quantitative estimate of drug-likeness (QED) is 0.223. The van der Waals surface area contributed by atoms with Crippen molar-refractivity contribution in [2.75, 3.05) is 0 Å². The van der Waals surface area contributed by atoms with E-state index in [1.807, 2.05) is 59.3 Å². The van der Waals surface area contributed by atoms with Crippen LogP contribution in [0.5, 0.6) is 0 Å². The third kappa shape index (κ3) is 5.67. The van der Waals surface area contributed by atoms with Crippen molar-refractivity contribution >= 4 is 22.5 Å². The normalized spacial score (nSPS) is 12.9. The first-order valence-electron chi connectivity index (χ1n) is 13.2. The van der Waals surface area contributed by atoms with Gasteiger partial charge < -0.3 is 9.40 Å². The van der Waals surface area contributed by atoms with E-state index in [0.717, 1.165) is 35.1 Å². The van der Waals surface area contributed by atoms with Crippen LogP contribution in [0.4, 0.5) is 0 Å². The Labute approximate surface area is 232 Å². The van der Waals surface area contributed by atoms with E-state index in [4.69, 9.17) is 16.0 Å². The summed E-state index contributed by atoms with van der Waals surface area (Å²) in [7, 11) is 0. The van der Waals surface area contributed by atoms with Crippen LogP contribution in [-0.4, -0.2) is 30.1 Å². The molecule has 0 bridgehead atoms. The number of H-pyrrole nitrogens is 1. The fourth-order valence-corrected chi connectivity index (χ4v) is 4.93. The number of nitrogens with one attached hydrogen (secondary N) is 1. The summed E-state index contributed by atoms with van der Waals surface area (Å²) >= 11 is 6.19. The van der Waals surface area contributed by atoms with Gasteiger partial charge in [-0.2, -0.15) is 0 Å². The van der Waals surface area contributed by atoms with Crippen molar-refractivity contribution in [3.63, 3.8) is 0 Å². The van der Waals surface area contributed by atoms with Crippen LogP contribution in [0.1, 0.15) is 68.4 Å². The number of aromatic amines is 1. The van der Waals surface area contributed by atoms with Crippen molar-refractivity contribution in [2.45, 2.75) is 65.2 Å². The summed E-state index contributed by atoms with van der Waals surface area (Å²) < 4.78 is 7.61. The number of tetrazole rings is 1. The highest BCUT2D eigenvalue weighted by Gasteiger charge is 2.35. The van der Waals surface area contributed by atoms with Gasteiger partial charge >= 0.3 is 0 Å². The predicted molar refractivity (Wildman–Crippen MR) is 153 cm³/mol. The zero-order valence-electron chi connectivity index (χ0n) is 22.7. The molecule has 0 radical (unpaired) electrons. The fraction of sp³-hybridized carbons (Fsp3) is 0.333. The average Bonchev–Trinajstić information content (AvgIpc) is 3.63. The Hall–Kier alpha value is -3.75. The van der Waals surface area contributed by atoms with Crippen LogP contribution >= 0.6 is 11.6 Å². The lowest BCUT2D eigenvalue weighted by molar-refractivity contribution is 0.168. The molecule has 8 nitrogen and oxygen atoms in total. The molecule has 0 unspecified atom stereocenters. The molecule has 3 aromatic heterocycles. The van der Waals surface area contributed by atoms with E-state index in [1.54, 1.807) is 6.26 Å². The van der Waals surface area contributed by atoms with Gasteiger partial charge in [0.15, 0.2) is 5.82 Å². The van der Waals surface area contributed by atoms with E-state index >= 15 is 0 Å². The SMILES string of the molecule is CCc1ccc2[nH]c(=O)c([C@@H](c3nnnn3C(C)(C)CC)N(Cc3ccc(Cl)cc3)Cc3ccco3)cc2c1. The third-order valence-electron chi connectivity index (χ3n) is 7.42. The Morgan fingerprint density at radius 2 is 1.82 bits per heavy atom. The van der Waals surface area contributed by atoms with Gasteiger partial charge in [0, 0.05) is 22.6 Å². The summed E-state index contributed by atoms with van der Waals surface area (Å²) in [5.41, 5.74) is 3.05.